The molecule has 6 heterocycles. The number of carbonyl (C=O) groups is 2. The fraction of sp³-hybridized carbons (Fsp3) is 0.189. The van der Waals surface area contributed by atoms with Gasteiger partial charge in [0.15, 0.2) is 34.0 Å². The third-order valence-electron chi connectivity index (χ3n) is 17.2. The molecule has 2 N–H and O–H groups in total. The lowest BCUT2D eigenvalue weighted by molar-refractivity contribution is -0.0748. The lowest BCUT2D eigenvalue weighted by Gasteiger charge is -2.37. The molecule has 12 aromatic rings. The van der Waals surface area contributed by atoms with E-state index in [1.807, 2.05) is 143 Å². The van der Waals surface area contributed by atoms with Crippen molar-refractivity contribution in [2.24, 2.45) is 0 Å². The second-order valence-electron chi connectivity index (χ2n) is 22.6. The zero-order valence-electron chi connectivity index (χ0n) is 51.2. The molecule has 2 fully saturated rings. The maximum absolute atomic E-state index is 13.5. The van der Waals surface area contributed by atoms with Crippen LogP contribution in [0, 0.1) is 0 Å². The van der Waals surface area contributed by atoms with E-state index in [1.165, 1.54) is 12.7 Å². The van der Waals surface area contributed by atoms with Gasteiger partial charge in [-0.1, -0.05) is 204 Å². The average Bonchev–Trinajstić information content (AvgIpc) is 0.788. The summed E-state index contributed by atoms with van der Waals surface area (Å²) < 4.78 is 45.1. The third-order valence-corrected chi connectivity index (χ3v) is 20.6. The van der Waals surface area contributed by atoms with E-state index in [-0.39, 0.29) is 47.2 Å². The van der Waals surface area contributed by atoms with Crippen molar-refractivity contribution >= 4 is 67.4 Å². The number of hydrogen-bond donors (Lipinski definition) is 2. The summed E-state index contributed by atoms with van der Waals surface area (Å²) in [6.45, 7) is 0.284. The van der Waals surface area contributed by atoms with Gasteiger partial charge < -0.3 is 39.1 Å². The van der Waals surface area contributed by atoms with Crippen LogP contribution in [0.5, 0.6) is 11.5 Å². The number of ether oxygens (including phenoxy) is 6. The Morgan fingerprint density at radius 2 is 0.755 bits per heavy atom. The minimum atomic E-state index is -1.11. The normalized spacial score (nSPS) is 18.1. The molecule has 0 aliphatic carbocycles. The number of carbonyl (C=O) groups excluding carboxylic acids is 2. The van der Waals surface area contributed by atoms with Crippen molar-refractivity contribution in [3.63, 3.8) is 0 Å². The minimum Gasteiger partial charge on any atom is -0.497 e. The minimum absolute atomic E-state index is 0.142. The summed E-state index contributed by atoms with van der Waals surface area (Å²) in [6, 6.07) is 75.0. The smallest absolute Gasteiger partial charge is 0.256 e. The van der Waals surface area contributed by atoms with Crippen LogP contribution in [-0.2, 0) is 30.1 Å². The molecule has 0 spiro atoms. The molecule has 470 valence electrons. The van der Waals surface area contributed by atoms with Crippen molar-refractivity contribution in [1.29, 1.82) is 0 Å². The first kappa shape index (κ1) is 61.4. The van der Waals surface area contributed by atoms with Crippen LogP contribution in [0.2, 0.25) is 0 Å². The topological polar surface area (TPSA) is 201 Å². The summed E-state index contributed by atoms with van der Waals surface area (Å²) in [7, 11) is 6.74. The molecule has 8 aromatic carbocycles. The highest BCUT2D eigenvalue weighted by molar-refractivity contribution is 8.77. The monoisotopic (exact) mass is 1280 g/mol. The Bertz CT molecular complexity index is 4160. The number of amides is 2. The van der Waals surface area contributed by atoms with E-state index in [9.17, 15) is 9.59 Å². The Labute approximate surface area is 550 Å². The Balaban J connectivity index is 0.832. The second-order valence-corrected chi connectivity index (χ2v) is 25.4. The first-order chi connectivity index (χ1) is 46.3. The molecule has 2 aliphatic rings. The van der Waals surface area contributed by atoms with E-state index in [1.54, 1.807) is 72.7 Å². The standard InChI is InChI=1S/C74H64N10O8S2/c1-87-57-37-33-55(34-38-57)73(51-25-13-5-14-26-51,52-27-15-6-16-28-52)89-43-59-61(41-63(91-59)83-47-79-65-67(75-45-77-69(65)83)81-71(85)49-21-9-3-10-22-49)93-94-62-42-64(84-48-80-66-68(76-46-78-70(66)84)82-72(86)50-23-11-4-12-24-50)92-60(62)44-90-74(53-29-17-7-18-30-53,54-31-19-8-20-32-54)56-35-39-58(88-2)40-36-56/h3-40,45-48,59-64H,41-44H2,1-2H3,(H,75,77,81,85)(H,76,78,82,86)/t59-,60-,61+,62+,63-,64-/m1/s1. The van der Waals surface area contributed by atoms with Gasteiger partial charge in [0.2, 0.25) is 0 Å². The molecule has 4 aromatic heterocycles. The molecule has 2 amide bonds. The predicted octanol–water partition coefficient (Wildman–Crippen LogP) is 13.9. The van der Waals surface area contributed by atoms with E-state index in [4.69, 9.17) is 48.4 Å². The van der Waals surface area contributed by atoms with Crippen LogP contribution in [0.25, 0.3) is 22.3 Å². The van der Waals surface area contributed by atoms with Gasteiger partial charge in [-0.3, -0.25) is 18.7 Å². The number of anilines is 2. The maximum Gasteiger partial charge on any atom is 0.256 e. The molecule has 94 heavy (non-hydrogen) atoms. The molecule has 0 saturated carbocycles. The van der Waals surface area contributed by atoms with Gasteiger partial charge >= 0.3 is 0 Å². The van der Waals surface area contributed by atoms with Crippen LogP contribution >= 0.6 is 21.6 Å². The fourth-order valence-corrected chi connectivity index (χ4v) is 15.9. The Kier molecular flexibility index (Phi) is 18.1. The zero-order valence-corrected chi connectivity index (χ0v) is 52.8. The van der Waals surface area contributed by atoms with Crippen LogP contribution in [-0.4, -0.2) is 101 Å². The highest BCUT2D eigenvalue weighted by Crippen LogP contribution is 2.51. The quantitative estimate of drug-likeness (QED) is 0.0452. The third kappa shape index (κ3) is 12.3. The summed E-state index contributed by atoms with van der Waals surface area (Å²) in [5.74, 6) is 1.33. The number of benzene rings is 8. The van der Waals surface area contributed by atoms with Crippen molar-refractivity contribution < 1.29 is 38.0 Å². The van der Waals surface area contributed by atoms with Gasteiger partial charge in [-0.25, -0.2) is 29.9 Å². The van der Waals surface area contributed by atoms with Crippen LogP contribution in [0.15, 0.2) is 256 Å². The molecule has 20 heteroatoms. The summed E-state index contributed by atoms with van der Waals surface area (Å²) >= 11 is 0. The molecular weight excluding hydrogens is 1220 g/mol. The van der Waals surface area contributed by atoms with Gasteiger partial charge in [-0.15, -0.1) is 0 Å². The van der Waals surface area contributed by atoms with Gasteiger partial charge in [-0.2, -0.15) is 0 Å². The molecule has 0 unspecified atom stereocenters. The van der Waals surface area contributed by atoms with E-state index < -0.39 is 35.9 Å². The van der Waals surface area contributed by atoms with Crippen molar-refractivity contribution in [1.82, 2.24) is 39.0 Å². The van der Waals surface area contributed by atoms with E-state index >= 15 is 0 Å². The Hall–Kier alpha value is -10.1. The second kappa shape index (κ2) is 27.6. The Morgan fingerprint density at radius 3 is 1.09 bits per heavy atom. The number of fused-ring (bicyclic) bond motifs is 2. The van der Waals surface area contributed by atoms with Gasteiger partial charge in [-0.05, 0) is 81.9 Å². The van der Waals surface area contributed by atoms with E-state index in [0.717, 1.165) is 33.4 Å². The zero-order chi connectivity index (χ0) is 63.9. The highest BCUT2D eigenvalue weighted by atomic mass is 33.1. The maximum atomic E-state index is 13.5. The SMILES string of the molecule is COc1ccc(C(OC[C@H]2O[C@@H](n3cnc4c(NC(=O)c5ccccc5)ncnc43)C[C@@H]2SS[C@H]2C[C@H](n3cnc4c(NC(=O)c5ccccc5)ncnc43)O[C@@H]2COC(c2ccccc2)(c2ccccc2)c2ccc(OC)cc2)(c2ccccc2)c2ccccc2)cc1. The number of hydrogen-bond acceptors (Lipinski definition) is 16. The fourth-order valence-electron chi connectivity index (χ4n) is 12.5. The number of nitrogens with one attached hydrogen (secondary N) is 2. The first-order valence-electron chi connectivity index (χ1n) is 30.8. The molecule has 2 saturated heterocycles. The Morgan fingerprint density at radius 1 is 0.436 bits per heavy atom. The van der Waals surface area contributed by atoms with Crippen molar-refractivity contribution in [2.75, 3.05) is 38.1 Å². The summed E-state index contributed by atoms with van der Waals surface area (Å²) in [4.78, 5) is 55.2. The molecule has 6 atom stereocenters. The van der Waals surface area contributed by atoms with E-state index in [2.05, 4.69) is 93.4 Å². The number of imidazole rings is 2. The van der Waals surface area contributed by atoms with Crippen LogP contribution in [0.4, 0.5) is 11.6 Å². The molecule has 2 aliphatic heterocycles. The molecule has 18 nitrogen and oxygen atoms in total. The number of methoxy groups -OCH3 is 2. The molecule has 0 bridgehead atoms. The summed E-state index contributed by atoms with van der Waals surface area (Å²) in [5.41, 5.74) is 6.07. The predicted molar refractivity (Wildman–Crippen MR) is 363 cm³/mol. The van der Waals surface area contributed by atoms with Crippen molar-refractivity contribution in [3.8, 4) is 11.5 Å². The highest BCUT2D eigenvalue weighted by Gasteiger charge is 2.47. The van der Waals surface area contributed by atoms with Gasteiger partial charge in [0.05, 0.1) is 52.3 Å². The van der Waals surface area contributed by atoms with Gasteiger partial charge in [0.1, 0.15) is 47.8 Å². The van der Waals surface area contributed by atoms with E-state index in [0.29, 0.717) is 57.8 Å². The van der Waals surface area contributed by atoms with Crippen LogP contribution in [0.3, 0.4) is 0 Å². The number of nitrogens with zero attached hydrogens (tertiary/aromatic N) is 8. The van der Waals surface area contributed by atoms with Crippen molar-refractivity contribution in [2.45, 2.75) is 59.2 Å². The molecule has 0 radical (unpaired) electrons. The summed E-state index contributed by atoms with van der Waals surface area (Å²) in [6.07, 6.45) is 5.01. The molecular formula is C74H64N10O8S2. The summed E-state index contributed by atoms with van der Waals surface area (Å²) in [5, 5.41) is 5.47. The van der Waals surface area contributed by atoms with Crippen LogP contribution in [0.1, 0.15) is 79.4 Å². The van der Waals surface area contributed by atoms with Crippen LogP contribution < -0.4 is 20.1 Å². The largest absolute Gasteiger partial charge is 0.497 e. The lowest BCUT2D eigenvalue weighted by Crippen LogP contribution is -2.38. The lowest BCUT2D eigenvalue weighted by atomic mass is 9.80. The average molecular weight is 1290 g/mol. The molecule has 14 rings (SSSR count). The number of aromatic nitrogens is 8. The van der Waals surface area contributed by atoms with Gasteiger partial charge in [0, 0.05) is 34.5 Å². The number of rotatable bonds is 23. The van der Waals surface area contributed by atoms with Crippen molar-refractivity contribution in [3.05, 3.63) is 300 Å². The first-order valence-corrected chi connectivity index (χ1v) is 33.1. The van der Waals surface area contributed by atoms with Gasteiger partial charge in [0.25, 0.3) is 11.8 Å².